The maximum absolute atomic E-state index is 13.1. The lowest BCUT2D eigenvalue weighted by atomic mass is 10.3. The van der Waals surface area contributed by atoms with Crippen LogP contribution >= 0.6 is 0 Å². The molecule has 0 unspecified atom stereocenters. The molecule has 142 valence electrons. The molecule has 2 heterocycles. The largest absolute Gasteiger partial charge is 0.468 e. The van der Waals surface area contributed by atoms with Gasteiger partial charge in [-0.1, -0.05) is 6.07 Å². The molecule has 0 atom stereocenters. The van der Waals surface area contributed by atoms with Crippen molar-refractivity contribution in [1.82, 2.24) is 9.29 Å². The van der Waals surface area contributed by atoms with E-state index < -0.39 is 20.0 Å². The fraction of sp³-hybridized carbons (Fsp3) is 0.118. The molecule has 0 fully saturated rings. The van der Waals surface area contributed by atoms with Crippen molar-refractivity contribution in [2.75, 3.05) is 0 Å². The van der Waals surface area contributed by atoms with Gasteiger partial charge in [0, 0.05) is 18.9 Å². The van der Waals surface area contributed by atoms with E-state index in [4.69, 9.17) is 9.56 Å². The molecule has 0 amide bonds. The average molecular weight is 407 g/mol. The third kappa shape index (κ3) is 4.61. The highest BCUT2D eigenvalue weighted by molar-refractivity contribution is 7.89. The number of pyridine rings is 1. The van der Waals surface area contributed by atoms with Gasteiger partial charge in [-0.3, -0.25) is 4.98 Å². The van der Waals surface area contributed by atoms with Gasteiger partial charge in [0.2, 0.25) is 20.0 Å². The summed E-state index contributed by atoms with van der Waals surface area (Å²) in [5.41, 5.74) is 0.703. The summed E-state index contributed by atoms with van der Waals surface area (Å²) >= 11 is 0. The van der Waals surface area contributed by atoms with Crippen molar-refractivity contribution in [3.63, 3.8) is 0 Å². The first-order chi connectivity index (χ1) is 12.8. The number of furan rings is 1. The predicted molar refractivity (Wildman–Crippen MR) is 97.2 cm³/mol. The number of aromatic nitrogens is 1. The van der Waals surface area contributed by atoms with E-state index in [0.717, 1.165) is 12.1 Å². The standard InChI is InChI=1S/C17H17N3O5S2/c18-26(21,22)16-5-7-17(8-6-16)27(23,24)20(13-15-4-2-10-25-15)12-14-3-1-9-19-11-14/h1-11H,12-13H2,(H2,18,21,22). The third-order valence-electron chi connectivity index (χ3n) is 3.78. The van der Waals surface area contributed by atoms with Crippen molar-refractivity contribution >= 4 is 20.0 Å². The number of hydrogen-bond acceptors (Lipinski definition) is 6. The number of hydrogen-bond donors (Lipinski definition) is 1. The topological polar surface area (TPSA) is 124 Å². The van der Waals surface area contributed by atoms with E-state index in [9.17, 15) is 16.8 Å². The van der Waals surface area contributed by atoms with Gasteiger partial charge in [0.25, 0.3) is 0 Å². The van der Waals surface area contributed by atoms with Gasteiger partial charge in [0.05, 0.1) is 22.6 Å². The van der Waals surface area contributed by atoms with Crippen LogP contribution in [0.4, 0.5) is 0 Å². The minimum atomic E-state index is -3.93. The minimum Gasteiger partial charge on any atom is -0.468 e. The minimum absolute atomic E-state index is 0.0150. The highest BCUT2D eigenvalue weighted by Crippen LogP contribution is 2.22. The van der Waals surface area contributed by atoms with Crippen LogP contribution in [0.25, 0.3) is 0 Å². The summed E-state index contributed by atoms with van der Waals surface area (Å²) in [5.74, 6) is 0.476. The van der Waals surface area contributed by atoms with Crippen LogP contribution in [-0.2, 0) is 33.1 Å². The summed E-state index contributed by atoms with van der Waals surface area (Å²) in [7, 11) is -7.83. The van der Waals surface area contributed by atoms with Crippen molar-refractivity contribution in [2.24, 2.45) is 5.14 Å². The van der Waals surface area contributed by atoms with Gasteiger partial charge in [-0.15, -0.1) is 0 Å². The highest BCUT2D eigenvalue weighted by Gasteiger charge is 2.26. The summed E-state index contributed by atoms with van der Waals surface area (Å²) in [6, 6.07) is 11.6. The van der Waals surface area contributed by atoms with Gasteiger partial charge >= 0.3 is 0 Å². The number of primary sulfonamides is 1. The number of nitrogens with zero attached hydrogens (tertiary/aromatic N) is 2. The summed E-state index contributed by atoms with van der Waals surface area (Å²) in [4.78, 5) is 3.79. The van der Waals surface area contributed by atoms with Crippen LogP contribution in [0.3, 0.4) is 0 Å². The van der Waals surface area contributed by atoms with Crippen LogP contribution in [0.2, 0.25) is 0 Å². The fourth-order valence-corrected chi connectivity index (χ4v) is 4.36. The number of benzene rings is 1. The first-order valence-corrected chi connectivity index (χ1v) is 10.8. The Labute approximate surface area is 157 Å². The molecule has 0 spiro atoms. The van der Waals surface area contributed by atoms with Crippen molar-refractivity contribution in [1.29, 1.82) is 0 Å². The van der Waals surface area contributed by atoms with E-state index in [2.05, 4.69) is 4.98 Å². The lowest BCUT2D eigenvalue weighted by Crippen LogP contribution is -2.30. The Morgan fingerprint density at radius 1 is 0.926 bits per heavy atom. The van der Waals surface area contributed by atoms with Crippen LogP contribution in [-0.4, -0.2) is 26.1 Å². The quantitative estimate of drug-likeness (QED) is 0.636. The Morgan fingerprint density at radius 2 is 1.63 bits per heavy atom. The molecule has 0 saturated heterocycles. The van der Waals surface area contributed by atoms with Gasteiger partial charge in [0.15, 0.2) is 0 Å². The molecule has 8 nitrogen and oxygen atoms in total. The molecule has 0 aliphatic carbocycles. The van der Waals surface area contributed by atoms with E-state index >= 15 is 0 Å². The number of nitrogens with two attached hydrogens (primary N) is 1. The normalized spacial score (nSPS) is 12.4. The Balaban J connectivity index is 1.96. The predicted octanol–water partition coefficient (Wildman–Crippen LogP) is 1.71. The Bertz CT molecular complexity index is 1100. The second-order valence-corrected chi connectivity index (χ2v) is 9.23. The van der Waals surface area contributed by atoms with E-state index in [1.807, 2.05) is 0 Å². The molecule has 0 aliphatic rings. The monoisotopic (exact) mass is 407 g/mol. The maximum Gasteiger partial charge on any atom is 0.243 e. The van der Waals surface area contributed by atoms with Gasteiger partial charge in [-0.2, -0.15) is 4.31 Å². The Hall–Kier alpha value is -2.53. The second kappa shape index (κ2) is 7.61. The summed E-state index contributed by atoms with van der Waals surface area (Å²) in [5, 5.41) is 5.06. The van der Waals surface area contributed by atoms with Crippen molar-refractivity contribution in [2.45, 2.75) is 22.9 Å². The lowest BCUT2D eigenvalue weighted by Gasteiger charge is -2.21. The Kier molecular flexibility index (Phi) is 5.42. The number of rotatable bonds is 7. The summed E-state index contributed by atoms with van der Waals surface area (Å²) < 4.78 is 55.5. The molecule has 27 heavy (non-hydrogen) atoms. The van der Waals surface area contributed by atoms with E-state index in [1.54, 1.807) is 36.7 Å². The van der Waals surface area contributed by atoms with Crippen LogP contribution in [0, 0.1) is 0 Å². The number of sulfonamides is 2. The summed E-state index contributed by atoms with van der Waals surface area (Å²) in [6.45, 7) is 0.0922. The SMILES string of the molecule is NS(=O)(=O)c1ccc(S(=O)(=O)N(Cc2cccnc2)Cc2ccco2)cc1. The van der Waals surface area contributed by atoms with Crippen molar-refractivity contribution in [3.05, 3.63) is 78.5 Å². The maximum atomic E-state index is 13.1. The zero-order chi connectivity index (χ0) is 19.5. The highest BCUT2D eigenvalue weighted by atomic mass is 32.2. The molecule has 3 rings (SSSR count). The van der Waals surface area contributed by atoms with Gasteiger partial charge in [0.1, 0.15) is 5.76 Å². The second-order valence-electron chi connectivity index (χ2n) is 5.73. The van der Waals surface area contributed by atoms with Crippen LogP contribution in [0.1, 0.15) is 11.3 Å². The molecular formula is C17H17N3O5S2. The molecule has 0 saturated carbocycles. The molecular weight excluding hydrogens is 390 g/mol. The molecule has 1 aromatic carbocycles. The smallest absolute Gasteiger partial charge is 0.243 e. The van der Waals surface area contributed by atoms with E-state index in [-0.39, 0.29) is 22.9 Å². The summed E-state index contributed by atoms with van der Waals surface area (Å²) in [6.07, 6.45) is 4.64. The fourth-order valence-electron chi connectivity index (χ4n) is 2.45. The molecule has 0 aliphatic heterocycles. The van der Waals surface area contributed by atoms with Gasteiger partial charge in [-0.05, 0) is 48.0 Å². The van der Waals surface area contributed by atoms with Crippen LogP contribution in [0.15, 0.2) is 81.4 Å². The van der Waals surface area contributed by atoms with Gasteiger partial charge < -0.3 is 4.42 Å². The van der Waals surface area contributed by atoms with Crippen LogP contribution in [0.5, 0.6) is 0 Å². The molecule has 0 radical (unpaired) electrons. The average Bonchev–Trinajstić information content (AvgIpc) is 3.14. The van der Waals surface area contributed by atoms with Crippen molar-refractivity contribution < 1.29 is 21.3 Å². The van der Waals surface area contributed by atoms with E-state index in [0.29, 0.717) is 11.3 Å². The third-order valence-corrected chi connectivity index (χ3v) is 6.52. The zero-order valence-corrected chi connectivity index (χ0v) is 15.7. The Morgan fingerprint density at radius 3 is 2.19 bits per heavy atom. The first kappa shape index (κ1) is 19.2. The first-order valence-electron chi connectivity index (χ1n) is 7.81. The zero-order valence-electron chi connectivity index (χ0n) is 14.1. The van der Waals surface area contributed by atoms with E-state index in [1.165, 1.54) is 22.7 Å². The van der Waals surface area contributed by atoms with Crippen molar-refractivity contribution in [3.8, 4) is 0 Å². The molecule has 3 aromatic rings. The van der Waals surface area contributed by atoms with Gasteiger partial charge in [-0.25, -0.2) is 22.0 Å². The molecule has 0 bridgehead atoms. The molecule has 10 heteroatoms. The van der Waals surface area contributed by atoms with Crippen LogP contribution < -0.4 is 5.14 Å². The molecule has 2 N–H and O–H groups in total. The molecule has 2 aromatic heterocycles. The lowest BCUT2D eigenvalue weighted by molar-refractivity contribution is 0.358.